The molecule has 1 atom stereocenters. The Labute approximate surface area is 126 Å². The molecular formula is C17H25NO3. The topological polar surface area (TPSA) is 49.8 Å². The van der Waals surface area contributed by atoms with Crippen LogP contribution in [0.3, 0.4) is 0 Å². The molecular weight excluding hydrogens is 266 g/mol. The zero-order chi connectivity index (χ0) is 15.5. The van der Waals surface area contributed by atoms with Crippen molar-refractivity contribution in [1.29, 1.82) is 0 Å². The average Bonchev–Trinajstić information content (AvgIpc) is 2.93. The van der Waals surface area contributed by atoms with E-state index in [2.05, 4.69) is 0 Å². The Bertz CT molecular complexity index is 476. The molecule has 21 heavy (non-hydrogen) atoms. The minimum absolute atomic E-state index is 0.0728. The molecule has 4 nitrogen and oxygen atoms in total. The molecule has 1 saturated heterocycles. The van der Waals surface area contributed by atoms with Gasteiger partial charge in [0.05, 0.1) is 11.7 Å². The zero-order valence-electron chi connectivity index (χ0n) is 13.1. The van der Waals surface area contributed by atoms with Crippen molar-refractivity contribution in [3.05, 3.63) is 35.4 Å². The molecule has 1 aliphatic heterocycles. The second-order valence-corrected chi connectivity index (χ2v) is 6.41. The number of carbonyl (C=O) groups excluding carboxylic acids is 1. The van der Waals surface area contributed by atoms with Gasteiger partial charge in [-0.3, -0.25) is 4.79 Å². The third-order valence-electron chi connectivity index (χ3n) is 3.99. The Kier molecular flexibility index (Phi) is 5.01. The van der Waals surface area contributed by atoms with Crippen LogP contribution in [0.2, 0.25) is 0 Å². The monoisotopic (exact) mass is 291 g/mol. The first-order chi connectivity index (χ1) is 9.89. The van der Waals surface area contributed by atoms with Gasteiger partial charge in [0.2, 0.25) is 0 Å². The second-order valence-electron chi connectivity index (χ2n) is 6.41. The van der Waals surface area contributed by atoms with E-state index in [4.69, 9.17) is 4.74 Å². The maximum Gasteiger partial charge on any atom is 0.253 e. The quantitative estimate of drug-likeness (QED) is 0.905. The Morgan fingerprint density at radius 2 is 2.05 bits per heavy atom. The van der Waals surface area contributed by atoms with Crippen molar-refractivity contribution >= 4 is 5.91 Å². The summed E-state index contributed by atoms with van der Waals surface area (Å²) in [5.74, 6) is 0.0728. The molecule has 0 saturated carbocycles. The fraction of sp³-hybridized carbons (Fsp3) is 0.588. The molecule has 1 N–H and O–H groups in total. The molecule has 1 fully saturated rings. The standard InChI is InChI=1S/C17H25NO3/c1-17(2,20)10-8-13-4-6-14(7-5-13)16(19)18-11-9-15(12-18)21-3/h4-7,15,20H,8-12H2,1-3H3/t15-/m1/s1. The summed E-state index contributed by atoms with van der Waals surface area (Å²) >= 11 is 0. The lowest BCUT2D eigenvalue weighted by atomic mass is 9.98. The highest BCUT2D eigenvalue weighted by atomic mass is 16.5. The Balaban J connectivity index is 1.94. The maximum atomic E-state index is 12.4. The Morgan fingerprint density at radius 1 is 1.38 bits per heavy atom. The third kappa shape index (κ3) is 4.55. The van der Waals surface area contributed by atoms with E-state index in [9.17, 15) is 9.90 Å². The van der Waals surface area contributed by atoms with Crippen LogP contribution in [0.5, 0.6) is 0 Å². The second kappa shape index (κ2) is 6.58. The summed E-state index contributed by atoms with van der Waals surface area (Å²) in [5.41, 5.74) is 1.21. The molecule has 0 aliphatic carbocycles. The lowest BCUT2D eigenvalue weighted by Gasteiger charge is -2.18. The fourth-order valence-electron chi connectivity index (χ4n) is 2.55. The average molecular weight is 291 g/mol. The van der Waals surface area contributed by atoms with Gasteiger partial charge < -0.3 is 14.7 Å². The molecule has 4 heteroatoms. The zero-order valence-corrected chi connectivity index (χ0v) is 13.1. The number of rotatable bonds is 5. The van der Waals surface area contributed by atoms with Crippen LogP contribution in [0.4, 0.5) is 0 Å². The van der Waals surface area contributed by atoms with Gasteiger partial charge in [0.1, 0.15) is 0 Å². The molecule has 0 aromatic heterocycles. The number of ether oxygens (including phenoxy) is 1. The van der Waals surface area contributed by atoms with Crippen molar-refractivity contribution in [2.24, 2.45) is 0 Å². The van der Waals surface area contributed by atoms with Crippen LogP contribution in [0.15, 0.2) is 24.3 Å². The molecule has 2 rings (SSSR count). The van der Waals surface area contributed by atoms with Gasteiger partial charge in [-0.2, -0.15) is 0 Å². The first-order valence-corrected chi connectivity index (χ1v) is 7.52. The van der Waals surface area contributed by atoms with Crippen LogP contribution in [0, 0.1) is 0 Å². The largest absolute Gasteiger partial charge is 0.390 e. The van der Waals surface area contributed by atoms with E-state index in [1.807, 2.05) is 43.0 Å². The number of nitrogens with zero attached hydrogens (tertiary/aromatic N) is 1. The van der Waals surface area contributed by atoms with Gasteiger partial charge in [0.25, 0.3) is 5.91 Å². The molecule has 1 aromatic carbocycles. The van der Waals surface area contributed by atoms with E-state index in [0.29, 0.717) is 13.0 Å². The lowest BCUT2D eigenvalue weighted by molar-refractivity contribution is 0.0709. The summed E-state index contributed by atoms with van der Waals surface area (Å²) in [6.45, 7) is 5.06. The number of aryl methyl sites for hydroxylation is 1. The fourth-order valence-corrected chi connectivity index (χ4v) is 2.55. The number of methoxy groups -OCH3 is 1. The highest BCUT2D eigenvalue weighted by Gasteiger charge is 2.26. The van der Waals surface area contributed by atoms with Crippen molar-refractivity contribution in [3.8, 4) is 0 Å². The van der Waals surface area contributed by atoms with Crippen molar-refractivity contribution in [1.82, 2.24) is 4.90 Å². The predicted octanol–water partition coefficient (Wildman–Crippen LogP) is 2.25. The maximum absolute atomic E-state index is 12.4. The minimum Gasteiger partial charge on any atom is -0.390 e. The van der Waals surface area contributed by atoms with Crippen molar-refractivity contribution in [3.63, 3.8) is 0 Å². The SMILES string of the molecule is CO[C@@H]1CCN(C(=O)c2ccc(CCC(C)(C)O)cc2)C1. The van der Waals surface area contributed by atoms with E-state index in [1.54, 1.807) is 7.11 Å². The molecule has 1 aliphatic rings. The number of carbonyl (C=O) groups is 1. The van der Waals surface area contributed by atoms with Crippen LogP contribution in [-0.2, 0) is 11.2 Å². The molecule has 0 radical (unpaired) electrons. The number of likely N-dealkylation sites (tertiary alicyclic amines) is 1. The van der Waals surface area contributed by atoms with Crippen LogP contribution in [-0.4, -0.2) is 47.8 Å². The molecule has 1 heterocycles. The summed E-state index contributed by atoms with van der Waals surface area (Å²) in [4.78, 5) is 14.2. The van der Waals surface area contributed by atoms with Gasteiger partial charge in [-0.1, -0.05) is 12.1 Å². The molecule has 0 unspecified atom stereocenters. The smallest absolute Gasteiger partial charge is 0.253 e. The third-order valence-corrected chi connectivity index (χ3v) is 3.99. The first kappa shape index (κ1) is 16.0. The number of hydrogen-bond donors (Lipinski definition) is 1. The van der Waals surface area contributed by atoms with Gasteiger partial charge in [-0.05, 0) is 50.8 Å². The molecule has 0 spiro atoms. The van der Waals surface area contributed by atoms with Crippen LogP contribution in [0.25, 0.3) is 0 Å². The van der Waals surface area contributed by atoms with Crippen molar-refractivity contribution in [2.45, 2.75) is 44.8 Å². The van der Waals surface area contributed by atoms with Gasteiger partial charge in [0.15, 0.2) is 0 Å². The van der Waals surface area contributed by atoms with Crippen molar-refractivity contribution < 1.29 is 14.6 Å². The summed E-state index contributed by atoms with van der Waals surface area (Å²) in [7, 11) is 1.69. The van der Waals surface area contributed by atoms with Crippen LogP contribution < -0.4 is 0 Å². The lowest BCUT2D eigenvalue weighted by Crippen LogP contribution is -2.29. The van der Waals surface area contributed by atoms with E-state index < -0.39 is 5.60 Å². The van der Waals surface area contributed by atoms with E-state index in [1.165, 1.54) is 0 Å². The van der Waals surface area contributed by atoms with Crippen LogP contribution >= 0.6 is 0 Å². The summed E-state index contributed by atoms with van der Waals surface area (Å²) in [6, 6.07) is 7.70. The van der Waals surface area contributed by atoms with Crippen LogP contribution in [0.1, 0.15) is 42.6 Å². The number of amides is 1. The molecule has 116 valence electrons. The Morgan fingerprint density at radius 3 is 2.57 bits per heavy atom. The summed E-state index contributed by atoms with van der Waals surface area (Å²) in [5, 5.41) is 9.74. The van der Waals surface area contributed by atoms with Gasteiger partial charge >= 0.3 is 0 Å². The van der Waals surface area contributed by atoms with E-state index >= 15 is 0 Å². The Hall–Kier alpha value is -1.39. The summed E-state index contributed by atoms with van der Waals surface area (Å²) < 4.78 is 5.29. The molecule has 1 aromatic rings. The predicted molar refractivity (Wildman–Crippen MR) is 82.4 cm³/mol. The van der Waals surface area contributed by atoms with E-state index in [0.717, 1.165) is 30.5 Å². The van der Waals surface area contributed by atoms with Gasteiger partial charge in [-0.15, -0.1) is 0 Å². The number of benzene rings is 1. The molecule has 1 amide bonds. The number of aliphatic hydroxyl groups is 1. The van der Waals surface area contributed by atoms with Gasteiger partial charge in [-0.25, -0.2) is 0 Å². The van der Waals surface area contributed by atoms with Gasteiger partial charge in [0, 0.05) is 25.8 Å². The molecule has 0 bridgehead atoms. The van der Waals surface area contributed by atoms with E-state index in [-0.39, 0.29) is 12.0 Å². The van der Waals surface area contributed by atoms with Crippen molar-refractivity contribution in [2.75, 3.05) is 20.2 Å². The number of hydrogen-bond acceptors (Lipinski definition) is 3. The first-order valence-electron chi connectivity index (χ1n) is 7.52. The highest BCUT2D eigenvalue weighted by Crippen LogP contribution is 2.17. The highest BCUT2D eigenvalue weighted by molar-refractivity contribution is 5.94. The minimum atomic E-state index is -0.654. The summed E-state index contributed by atoms with van der Waals surface area (Å²) in [6.07, 6.45) is 2.60. The normalized spacial score (nSPS) is 19.0.